The Labute approximate surface area is 88.3 Å². The Morgan fingerprint density at radius 3 is 3.20 bits per heavy atom. The molecule has 0 fully saturated rings. The number of hydrogen-bond donors (Lipinski definition) is 2. The second-order valence-electron chi connectivity index (χ2n) is 3.71. The molecule has 4 heteroatoms. The third-order valence-corrected chi connectivity index (χ3v) is 2.64. The molecule has 4 nitrogen and oxygen atoms in total. The van der Waals surface area contributed by atoms with Gasteiger partial charge in [0.25, 0.3) is 0 Å². The van der Waals surface area contributed by atoms with Crippen molar-refractivity contribution in [3.63, 3.8) is 0 Å². The van der Waals surface area contributed by atoms with E-state index in [4.69, 9.17) is 5.11 Å². The van der Waals surface area contributed by atoms with Crippen LogP contribution in [0.2, 0.25) is 0 Å². The van der Waals surface area contributed by atoms with E-state index in [0.717, 1.165) is 30.6 Å². The van der Waals surface area contributed by atoms with Crippen LogP contribution in [0, 0.1) is 0 Å². The maximum Gasteiger partial charge on any atom is 0.305 e. The van der Waals surface area contributed by atoms with E-state index in [1.165, 1.54) is 5.56 Å². The van der Waals surface area contributed by atoms with E-state index in [1.807, 2.05) is 6.07 Å². The Morgan fingerprint density at radius 1 is 1.53 bits per heavy atom. The van der Waals surface area contributed by atoms with Crippen LogP contribution in [0.4, 0.5) is 5.69 Å². The molecule has 80 valence electrons. The summed E-state index contributed by atoms with van der Waals surface area (Å²) < 4.78 is 0. The van der Waals surface area contributed by atoms with Crippen molar-refractivity contribution >= 4 is 11.7 Å². The number of hydrogen-bond acceptors (Lipinski definition) is 3. The Balaban J connectivity index is 2.02. The minimum atomic E-state index is -0.770. The van der Waals surface area contributed by atoms with Crippen LogP contribution in [0.5, 0.6) is 0 Å². The van der Waals surface area contributed by atoms with E-state index in [2.05, 4.69) is 10.3 Å². The van der Waals surface area contributed by atoms with Gasteiger partial charge in [-0.3, -0.25) is 9.78 Å². The van der Waals surface area contributed by atoms with E-state index in [0.29, 0.717) is 6.54 Å². The molecular weight excluding hydrogens is 192 g/mol. The van der Waals surface area contributed by atoms with Crippen LogP contribution in [0.25, 0.3) is 0 Å². The van der Waals surface area contributed by atoms with Crippen molar-refractivity contribution in [3.8, 4) is 0 Å². The van der Waals surface area contributed by atoms with Crippen LogP contribution in [-0.4, -0.2) is 22.6 Å². The Hall–Kier alpha value is -1.58. The zero-order chi connectivity index (χ0) is 10.7. The second kappa shape index (κ2) is 4.29. The number of aryl methyl sites for hydroxylation is 1. The van der Waals surface area contributed by atoms with Crippen LogP contribution >= 0.6 is 0 Å². The minimum absolute atomic E-state index is 0.150. The lowest BCUT2D eigenvalue weighted by Crippen LogP contribution is -2.09. The first kappa shape index (κ1) is 9.96. The molecule has 0 aliphatic heterocycles. The summed E-state index contributed by atoms with van der Waals surface area (Å²) in [6, 6.07) is 1.92. The predicted molar refractivity (Wildman–Crippen MR) is 57.0 cm³/mol. The van der Waals surface area contributed by atoms with Crippen LogP contribution in [0.15, 0.2) is 12.3 Å². The molecule has 2 rings (SSSR count). The highest BCUT2D eigenvalue weighted by molar-refractivity contribution is 5.67. The Morgan fingerprint density at radius 2 is 2.40 bits per heavy atom. The number of fused-ring (bicyclic) bond motifs is 1. The number of aliphatic carboxylic acids is 1. The predicted octanol–water partition coefficient (Wildman–Crippen LogP) is 1.46. The molecule has 1 aliphatic rings. The van der Waals surface area contributed by atoms with Gasteiger partial charge in [0.1, 0.15) is 0 Å². The van der Waals surface area contributed by atoms with Crippen molar-refractivity contribution in [2.75, 3.05) is 11.9 Å². The van der Waals surface area contributed by atoms with Gasteiger partial charge in [0.05, 0.1) is 6.42 Å². The first-order chi connectivity index (χ1) is 7.27. The largest absolute Gasteiger partial charge is 0.481 e. The molecule has 0 saturated heterocycles. The van der Waals surface area contributed by atoms with Crippen molar-refractivity contribution in [3.05, 3.63) is 23.5 Å². The van der Waals surface area contributed by atoms with Crippen LogP contribution in [0.3, 0.4) is 0 Å². The van der Waals surface area contributed by atoms with Gasteiger partial charge in [0.2, 0.25) is 0 Å². The fraction of sp³-hybridized carbons (Fsp3) is 0.455. The van der Waals surface area contributed by atoms with E-state index in [-0.39, 0.29) is 6.42 Å². The molecule has 0 aromatic carbocycles. The van der Waals surface area contributed by atoms with Gasteiger partial charge in [-0.05, 0) is 30.9 Å². The SMILES string of the molecule is O=C(O)CCNc1ccnc2c1CCC2. The number of carboxylic acid groups (broad SMARTS) is 1. The number of nitrogens with zero attached hydrogens (tertiary/aromatic N) is 1. The zero-order valence-corrected chi connectivity index (χ0v) is 8.49. The standard InChI is InChI=1S/C11H14N2O2/c14-11(15)5-7-13-10-4-6-12-9-3-1-2-8(9)10/h4,6H,1-3,5,7H2,(H,12,13)(H,14,15). The lowest BCUT2D eigenvalue weighted by atomic mass is 10.2. The van der Waals surface area contributed by atoms with Crippen LogP contribution < -0.4 is 5.32 Å². The Bertz CT molecular complexity index is 377. The molecule has 0 bridgehead atoms. The summed E-state index contributed by atoms with van der Waals surface area (Å²) in [6.45, 7) is 0.478. The number of carbonyl (C=O) groups is 1. The number of nitrogens with one attached hydrogen (secondary N) is 1. The van der Waals surface area contributed by atoms with Crippen molar-refractivity contribution in [2.45, 2.75) is 25.7 Å². The quantitative estimate of drug-likeness (QED) is 0.782. The molecule has 1 aromatic heterocycles. The van der Waals surface area contributed by atoms with Gasteiger partial charge in [0, 0.05) is 24.1 Å². The lowest BCUT2D eigenvalue weighted by molar-refractivity contribution is -0.136. The van der Waals surface area contributed by atoms with Crippen molar-refractivity contribution in [1.82, 2.24) is 4.98 Å². The molecule has 0 radical (unpaired) electrons. The maximum absolute atomic E-state index is 10.4. The fourth-order valence-electron chi connectivity index (χ4n) is 1.93. The summed E-state index contributed by atoms with van der Waals surface area (Å²) in [5, 5.41) is 11.7. The molecule has 1 aliphatic carbocycles. The van der Waals surface area contributed by atoms with Gasteiger partial charge in [-0.25, -0.2) is 0 Å². The Kier molecular flexibility index (Phi) is 2.85. The average molecular weight is 206 g/mol. The summed E-state index contributed by atoms with van der Waals surface area (Å²) in [6.07, 6.45) is 5.19. The highest BCUT2D eigenvalue weighted by atomic mass is 16.4. The van der Waals surface area contributed by atoms with E-state index >= 15 is 0 Å². The summed E-state index contributed by atoms with van der Waals surface area (Å²) >= 11 is 0. The zero-order valence-electron chi connectivity index (χ0n) is 8.49. The van der Waals surface area contributed by atoms with Gasteiger partial charge >= 0.3 is 5.97 Å². The topological polar surface area (TPSA) is 62.2 Å². The third-order valence-electron chi connectivity index (χ3n) is 2.64. The number of pyridine rings is 1. The number of aromatic nitrogens is 1. The number of carboxylic acids is 1. The smallest absolute Gasteiger partial charge is 0.305 e. The van der Waals surface area contributed by atoms with Gasteiger partial charge in [0.15, 0.2) is 0 Å². The summed E-state index contributed by atoms with van der Waals surface area (Å²) in [4.78, 5) is 14.7. The molecule has 1 aromatic rings. The molecule has 0 atom stereocenters. The average Bonchev–Trinajstić information content (AvgIpc) is 2.65. The minimum Gasteiger partial charge on any atom is -0.481 e. The normalized spacial score (nSPS) is 13.6. The number of rotatable bonds is 4. The first-order valence-electron chi connectivity index (χ1n) is 5.20. The summed E-state index contributed by atoms with van der Waals surface area (Å²) in [5.74, 6) is -0.770. The van der Waals surface area contributed by atoms with Crippen molar-refractivity contribution < 1.29 is 9.90 Å². The van der Waals surface area contributed by atoms with Crippen molar-refractivity contribution in [2.24, 2.45) is 0 Å². The molecule has 0 saturated carbocycles. The molecule has 15 heavy (non-hydrogen) atoms. The molecule has 0 unspecified atom stereocenters. The first-order valence-corrected chi connectivity index (χ1v) is 5.20. The van der Waals surface area contributed by atoms with Crippen molar-refractivity contribution in [1.29, 1.82) is 0 Å². The van der Waals surface area contributed by atoms with E-state index in [1.54, 1.807) is 6.20 Å². The van der Waals surface area contributed by atoms with E-state index < -0.39 is 5.97 Å². The molecule has 1 heterocycles. The maximum atomic E-state index is 10.4. The second-order valence-corrected chi connectivity index (χ2v) is 3.71. The summed E-state index contributed by atoms with van der Waals surface area (Å²) in [7, 11) is 0. The van der Waals surface area contributed by atoms with Gasteiger partial charge in [-0.2, -0.15) is 0 Å². The highest BCUT2D eigenvalue weighted by Gasteiger charge is 2.15. The number of anilines is 1. The lowest BCUT2D eigenvalue weighted by Gasteiger charge is -2.09. The molecule has 0 spiro atoms. The van der Waals surface area contributed by atoms with Gasteiger partial charge in [-0.15, -0.1) is 0 Å². The molecular formula is C11H14N2O2. The molecule has 0 amide bonds. The molecule has 2 N–H and O–H groups in total. The van der Waals surface area contributed by atoms with Crippen LogP contribution in [0.1, 0.15) is 24.1 Å². The van der Waals surface area contributed by atoms with Gasteiger partial charge < -0.3 is 10.4 Å². The van der Waals surface area contributed by atoms with Gasteiger partial charge in [-0.1, -0.05) is 0 Å². The van der Waals surface area contributed by atoms with Crippen LogP contribution in [-0.2, 0) is 17.6 Å². The highest BCUT2D eigenvalue weighted by Crippen LogP contribution is 2.26. The third kappa shape index (κ3) is 2.26. The monoisotopic (exact) mass is 206 g/mol. The fourth-order valence-corrected chi connectivity index (χ4v) is 1.93. The summed E-state index contributed by atoms with van der Waals surface area (Å²) in [5.41, 5.74) is 3.48. The van der Waals surface area contributed by atoms with E-state index in [9.17, 15) is 4.79 Å².